The summed E-state index contributed by atoms with van der Waals surface area (Å²) in [5, 5.41) is 2.93. The van der Waals surface area contributed by atoms with Gasteiger partial charge in [-0.2, -0.15) is 0 Å². The minimum Gasteiger partial charge on any atom is -0.340 e. The van der Waals surface area contributed by atoms with E-state index in [1.165, 1.54) is 10.5 Å². The van der Waals surface area contributed by atoms with E-state index < -0.39 is 11.0 Å². The van der Waals surface area contributed by atoms with Crippen LogP contribution in [0.4, 0.5) is 5.69 Å². The first kappa shape index (κ1) is 21.1. The number of aryl methyl sites for hydroxylation is 1. The van der Waals surface area contributed by atoms with Crippen molar-refractivity contribution in [3.63, 3.8) is 0 Å². The molecular weight excluding hydrogens is 418 g/mol. The Morgan fingerprint density at radius 3 is 2.47 bits per heavy atom. The highest BCUT2D eigenvalue weighted by Gasteiger charge is 2.23. The monoisotopic (exact) mass is 443 g/mol. The van der Waals surface area contributed by atoms with E-state index in [-0.39, 0.29) is 11.8 Å². The second kappa shape index (κ2) is 9.32. The molecule has 2 amide bonds. The van der Waals surface area contributed by atoms with Gasteiger partial charge in [-0.15, -0.1) is 11.8 Å². The van der Waals surface area contributed by atoms with Gasteiger partial charge in [0.1, 0.15) is 11.0 Å². The average Bonchev–Trinajstić information content (AvgIpc) is 2.79. The Balaban J connectivity index is 1.37. The lowest BCUT2D eigenvalue weighted by molar-refractivity contribution is -0.129. The SMILES string of the molecule is CC(=O)N1CCN(S(=O)c2ccc(NC(=O)c3ccc4c(c3)CCCS4)cc2)CC1. The molecular formula is C22H25N3O3S2. The molecule has 4 rings (SSSR count). The van der Waals surface area contributed by atoms with Crippen LogP contribution in [0.25, 0.3) is 0 Å². The standard InChI is InChI=1S/C22H25N3O3S2/c1-16(26)24-10-12-25(13-11-24)30(28)20-7-5-19(6-8-20)23-22(27)18-4-9-21-17(15-18)3-2-14-29-21/h4-9,15H,2-3,10-14H2,1H3,(H,23,27). The molecule has 0 aliphatic carbocycles. The summed E-state index contributed by atoms with van der Waals surface area (Å²) in [5.41, 5.74) is 2.58. The number of carbonyl (C=O) groups is 2. The van der Waals surface area contributed by atoms with E-state index in [9.17, 15) is 13.8 Å². The summed E-state index contributed by atoms with van der Waals surface area (Å²) < 4.78 is 14.7. The minimum atomic E-state index is -1.28. The Hall–Kier alpha value is -2.16. The predicted octanol–water partition coefficient (Wildman–Crippen LogP) is 3.16. The molecule has 1 unspecified atom stereocenters. The Morgan fingerprint density at radius 1 is 1.03 bits per heavy atom. The fourth-order valence-electron chi connectivity index (χ4n) is 3.68. The fraction of sp³-hybridized carbons (Fsp3) is 0.364. The van der Waals surface area contributed by atoms with Crippen molar-refractivity contribution in [2.75, 3.05) is 37.2 Å². The van der Waals surface area contributed by atoms with Crippen LogP contribution < -0.4 is 5.32 Å². The summed E-state index contributed by atoms with van der Waals surface area (Å²) in [6, 6.07) is 13.0. The van der Waals surface area contributed by atoms with Gasteiger partial charge in [0.05, 0.1) is 4.90 Å². The quantitative estimate of drug-likeness (QED) is 0.788. The molecule has 158 valence electrons. The molecule has 1 atom stereocenters. The molecule has 1 fully saturated rings. The summed E-state index contributed by atoms with van der Waals surface area (Å²) in [4.78, 5) is 27.8. The number of fused-ring (bicyclic) bond motifs is 1. The third kappa shape index (κ3) is 4.77. The van der Waals surface area contributed by atoms with Crippen molar-refractivity contribution >= 4 is 40.2 Å². The summed E-state index contributed by atoms with van der Waals surface area (Å²) in [6.45, 7) is 3.91. The van der Waals surface area contributed by atoms with Crippen molar-refractivity contribution in [2.24, 2.45) is 0 Å². The molecule has 0 aromatic heterocycles. The van der Waals surface area contributed by atoms with Gasteiger partial charge in [-0.05, 0) is 66.6 Å². The van der Waals surface area contributed by atoms with Gasteiger partial charge in [0.2, 0.25) is 5.91 Å². The number of carbonyl (C=O) groups excluding carboxylic acids is 2. The van der Waals surface area contributed by atoms with Crippen LogP contribution >= 0.6 is 11.8 Å². The first-order valence-electron chi connectivity index (χ1n) is 10.1. The van der Waals surface area contributed by atoms with E-state index in [4.69, 9.17) is 0 Å². The number of hydrogen-bond acceptors (Lipinski definition) is 4. The molecule has 2 aromatic rings. The predicted molar refractivity (Wildman–Crippen MR) is 120 cm³/mol. The molecule has 0 radical (unpaired) electrons. The zero-order valence-electron chi connectivity index (χ0n) is 16.9. The largest absolute Gasteiger partial charge is 0.340 e. The topological polar surface area (TPSA) is 69.7 Å². The van der Waals surface area contributed by atoms with Crippen LogP contribution in [-0.2, 0) is 22.2 Å². The molecule has 2 aliphatic rings. The highest BCUT2D eigenvalue weighted by atomic mass is 32.2. The number of thioether (sulfide) groups is 1. The Kier molecular flexibility index (Phi) is 6.55. The average molecular weight is 444 g/mol. The number of nitrogens with one attached hydrogen (secondary N) is 1. The van der Waals surface area contributed by atoms with E-state index in [0.717, 1.165) is 18.6 Å². The van der Waals surface area contributed by atoms with Crippen molar-refractivity contribution in [3.05, 3.63) is 53.6 Å². The normalized spacial score (nSPS) is 17.8. The van der Waals surface area contributed by atoms with E-state index in [2.05, 4.69) is 5.32 Å². The maximum absolute atomic E-state index is 12.8. The third-order valence-electron chi connectivity index (χ3n) is 5.40. The lowest BCUT2D eigenvalue weighted by Gasteiger charge is -2.33. The van der Waals surface area contributed by atoms with Gasteiger partial charge >= 0.3 is 0 Å². The van der Waals surface area contributed by atoms with E-state index >= 15 is 0 Å². The zero-order valence-corrected chi connectivity index (χ0v) is 18.6. The van der Waals surface area contributed by atoms with Crippen LogP contribution in [0.1, 0.15) is 29.3 Å². The van der Waals surface area contributed by atoms with E-state index in [1.807, 2.05) is 34.3 Å². The smallest absolute Gasteiger partial charge is 0.255 e. The van der Waals surface area contributed by atoms with Crippen LogP contribution in [0.2, 0.25) is 0 Å². The number of hydrogen-bond donors (Lipinski definition) is 1. The maximum atomic E-state index is 12.8. The first-order valence-corrected chi connectivity index (χ1v) is 12.2. The zero-order chi connectivity index (χ0) is 21.1. The lowest BCUT2D eigenvalue weighted by atomic mass is 10.1. The van der Waals surface area contributed by atoms with Crippen LogP contribution in [0.5, 0.6) is 0 Å². The third-order valence-corrected chi connectivity index (χ3v) is 8.11. The second-order valence-electron chi connectivity index (χ2n) is 7.44. The van der Waals surface area contributed by atoms with Crippen molar-refractivity contribution in [3.8, 4) is 0 Å². The molecule has 2 heterocycles. The van der Waals surface area contributed by atoms with Gasteiger partial charge in [-0.3, -0.25) is 9.59 Å². The van der Waals surface area contributed by atoms with Crippen molar-refractivity contribution in [1.82, 2.24) is 9.21 Å². The molecule has 1 saturated heterocycles. The molecule has 30 heavy (non-hydrogen) atoms. The Labute approximate surface area is 183 Å². The Bertz CT molecular complexity index is 970. The van der Waals surface area contributed by atoms with Gasteiger partial charge in [0.25, 0.3) is 5.91 Å². The highest BCUT2D eigenvalue weighted by molar-refractivity contribution is 7.99. The molecule has 8 heteroatoms. The lowest BCUT2D eigenvalue weighted by Crippen LogP contribution is -2.48. The number of piperazine rings is 1. The molecule has 2 aromatic carbocycles. The second-order valence-corrected chi connectivity index (χ2v) is 10.1. The van der Waals surface area contributed by atoms with Crippen molar-refractivity contribution < 1.29 is 13.8 Å². The van der Waals surface area contributed by atoms with Crippen LogP contribution in [0.3, 0.4) is 0 Å². The number of rotatable bonds is 4. The van der Waals surface area contributed by atoms with Crippen molar-refractivity contribution in [2.45, 2.75) is 29.6 Å². The fourth-order valence-corrected chi connectivity index (χ4v) is 5.86. The molecule has 0 bridgehead atoms. The highest BCUT2D eigenvalue weighted by Crippen LogP contribution is 2.30. The maximum Gasteiger partial charge on any atom is 0.255 e. The van der Waals surface area contributed by atoms with Gasteiger partial charge in [0, 0.05) is 49.2 Å². The molecule has 6 nitrogen and oxygen atoms in total. The first-order chi connectivity index (χ1) is 14.5. The number of anilines is 1. The van der Waals surface area contributed by atoms with Crippen LogP contribution in [-0.4, -0.2) is 57.2 Å². The molecule has 0 spiro atoms. The number of amides is 2. The van der Waals surface area contributed by atoms with Crippen LogP contribution in [0, 0.1) is 0 Å². The molecule has 0 saturated carbocycles. The minimum absolute atomic E-state index is 0.0539. The summed E-state index contributed by atoms with van der Waals surface area (Å²) in [5.74, 6) is 1.05. The van der Waals surface area contributed by atoms with Gasteiger partial charge in [-0.25, -0.2) is 8.51 Å². The summed E-state index contributed by atoms with van der Waals surface area (Å²) >= 11 is 1.85. The van der Waals surface area contributed by atoms with E-state index in [1.54, 1.807) is 36.1 Å². The van der Waals surface area contributed by atoms with Gasteiger partial charge in [-0.1, -0.05) is 0 Å². The summed E-state index contributed by atoms with van der Waals surface area (Å²) in [6.07, 6.45) is 2.16. The van der Waals surface area contributed by atoms with Crippen molar-refractivity contribution in [1.29, 1.82) is 0 Å². The number of nitrogens with zero attached hydrogens (tertiary/aromatic N) is 2. The number of benzene rings is 2. The summed E-state index contributed by atoms with van der Waals surface area (Å²) in [7, 11) is -1.28. The Morgan fingerprint density at radius 2 is 1.77 bits per heavy atom. The van der Waals surface area contributed by atoms with Gasteiger partial charge < -0.3 is 10.2 Å². The van der Waals surface area contributed by atoms with E-state index in [0.29, 0.717) is 42.3 Å². The van der Waals surface area contributed by atoms with Crippen LogP contribution in [0.15, 0.2) is 52.3 Å². The molecule has 2 aliphatic heterocycles. The molecule has 1 N–H and O–H groups in total. The van der Waals surface area contributed by atoms with Gasteiger partial charge in [0.15, 0.2) is 0 Å².